The van der Waals surface area contributed by atoms with E-state index in [4.69, 9.17) is 5.73 Å². The molecule has 2 N–H and O–H groups in total. The Labute approximate surface area is 72.9 Å². The highest BCUT2D eigenvalue weighted by Crippen LogP contribution is 2.20. The van der Waals surface area contributed by atoms with Crippen LogP contribution in [0.5, 0.6) is 0 Å². The highest BCUT2D eigenvalue weighted by molar-refractivity contribution is 5.59. The minimum absolute atomic E-state index is 0.879. The summed E-state index contributed by atoms with van der Waals surface area (Å²) in [5, 5.41) is 0. The van der Waals surface area contributed by atoms with Gasteiger partial charge in [0.05, 0.1) is 0 Å². The number of hydrogen-bond acceptors (Lipinski definition) is 1. The maximum absolute atomic E-state index is 5.71. The van der Waals surface area contributed by atoms with Crippen molar-refractivity contribution in [2.75, 3.05) is 5.73 Å². The van der Waals surface area contributed by atoms with Gasteiger partial charge in [0.25, 0.3) is 0 Å². The van der Waals surface area contributed by atoms with Crippen LogP contribution in [-0.4, -0.2) is 0 Å². The highest BCUT2D eigenvalue weighted by atomic mass is 14.5. The quantitative estimate of drug-likeness (QED) is 0.578. The van der Waals surface area contributed by atoms with Crippen molar-refractivity contribution in [2.45, 2.75) is 19.3 Å². The van der Waals surface area contributed by atoms with Crippen LogP contribution in [0.4, 0.5) is 5.69 Å². The van der Waals surface area contributed by atoms with E-state index >= 15 is 0 Å². The highest BCUT2D eigenvalue weighted by Gasteiger charge is 2.02. The fourth-order valence-electron chi connectivity index (χ4n) is 1.63. The average molecular weight is 159 g/mol. The number of nitrogens with two attached hydrogens (primary N) is 1. The maximum atomic E-state index is 5.71. The molecule has 0 amide bonds. The van der Waals surface area contributed by atoms with Crippen molar-refractivity contribution in [2.24, 2.45) is 0 Å². The van der Waals surface area contributed by atoms with Crippen LogP contribution in [0.1, 0.15) is 24.0 Å². The van der Waals surface area contributed by atoms with Crippen LogP contribution < -0.4 is 5.73 Å². The second kappa shape index (κ2) is 3.02. The number of benzene rings is 1. The Balaban J connectivity index is 2.46. The lowest BCUT2D eigenvalue weighted by Crippen LogP contribution is -1.91. The SMILES string of the molecule is Nc1ccc2c(c1)CCCC=C2. The van der Waals surface area contributed by atoms with Crippen LogP contribution in [-0.2, 0) is 6.42 Å². The van der Waals surface area contributed by atoms with E-state index in [1.54, 1.807) is 0 Å². The number of allylic oxidation sites excluding steroid dienone is 1. The van der Waals surface area contributed by atoms with E-state index in [9.17, 15) is 0 Å². The molecule has 1 aliphatic carbocycles. The van der Waals surface area contributed by atoms with Crippen LogP contribution in [0.25, 0.3) is 6.08 Å². The van der Waals surface area contributed by atoms with E-state index in [1.165, 1.54) is 24.0 Å². The van der Waals surface area contributed by atoms with Gasteiger partial charge < -0.3 is 5.73 Å². The van der Waals surface area contributed by atoms with E-state index in [0.29, 0.717) is 0 Å². The molecule has 0 heterocycles. The van der Waals surface area contributed by atoms with Gasteiger partial charge in [0, 0.05) is 5.69 Å². The van der Waals surface area contributed by atoms with E-state index < -0.39 is 0 Å². The number of fused-ring (bicyclic) bond motifs is 1. The van der Waals surface area contributed by atoms with Gasteiger partial charge in [-0.3, -0.25) is 0 Å². The summed E-state index contributed by atoms with van der Waals surface area (Å²) >= 11 is 0. The Morgan fingerprint density at radius 3 is 3.08 bits per heavy atom. The largest absolute Gasteiger partial charge is 0.399 e. The summed E-state index contributed by atoms with van der Waals surface area (Å²) in [4.78, 5) is 0. The molecule has 0 bridgehead atoms. The van der Waals surface area contributed by atoms with Gasteiger partial charge >= 0.3 is 0 Å². The summed E-state index contributed by atoms with van der Waals surface area (Å²) in [5.41, 5.74) is 9.31. The number of hydrogen-bond donors (Lipinski definition) is 1. The Hall–Kier alpha value is -1.24. The van der Waals surface area contributed by atoms with Crippen molar-refractivity contribution in [3.63, 3.8) is 0 Å². The van der Waals surface area contributed by atoms with Crippen molar-refractivity contribution < 1.29 is 0 Å². The van der Waals surface area contributed by atoms with Gasteiger partial charge in [-0.2, -0.15) is 0 Å². The summed E-state index contributed by atoms with van der Waals surface area (Å²) in [6, 6.07) is 6.16. The normalized spacial score (nSPS) is 15.3. The summed E-state index contributed by atoms with van der Waals surface area (Å²) < 4.78 is 0. The third-order valence-electron chi connectivity index (χ3n) is 2.28. The Morgan fingerprint density at radius 1 is 1.25 bits per heavy atom. The first-order valence-corrected chi connectivity index (χ1v) is 4.41. The molecule has 0 aromatic heterocycles. The molecule has 0 aliphatic heterocycles. The topological polar surface area (TPSA) is 26.0 Å². The summed E-state index contributed by atoms with van der Waals surface area (Å²) in [6.07, 6.45) is 8.03. The van der Waals surface area contributed by atoms with Gasteiger partial charge in [-0.15, -0.1) is 0 Å². The summed E-state index contributed by atoms with van der Waals surface area (Å²) in [7, 11) is 0. The molecule has 2 rings (SSSR count). The van der Waals surface area contributed by atoms with Crippen molar-refractivity contribution in [1.29, 1.82) is 0 Å². The molecule has 0 radical (unpaired) electrons. The second-order valence-electron chi connectivity index (χ2n) is 3.25. The molecule has 0 spiro atoms. The molecule has 0 unspecified atom stereocenters. The van der Waals surface area contributed by atoms with Crippen LogP contribution in [0, 0.1) is 0 Å². The number of aryl methyl sites for hydroxylation is 1. The van der Waals surface area contributed by atoms with Crippen molar-refractivity contribution in [1.82, 2.24) is 0 Å². The van der Waals surface area contributed by atoms with Crippen LogP contribution in [0.3, 0.4) is 0 Å². The lowest BCUT2D eigenvalue weighted by molar-refractivity contribution is 0.852. The lowest BCUT2D eigenvalue weighted by Gasteiger charge is -2.03. The lowest BCUT2D eigenvalue weighted by atomic mass is 10.0. The molecule has 0 saturated heterocycles. The second-order valence-corrected chi connectivity index (χ2v) is 3.25. The van der Waals surface area contributed by atoms with Crippen molar-refractivity contribution >= 4 is 11.8 Å². The zero-order valence-electron chi connectivity index (χ0n) is 7.09. The smallest absolute Gasteiger partial charge is 0.0317 e. The van der Waals surface area contributed by atoms with Gasteiger partial charge in [0.15, 0.2) is 0 Å². The Kier molecular flexibility index (Phi) is 1.86. The minimum Gasteiger partial charge on any atom is -0.399 e. The van der Waals surface area contributed by atoms with Gasteiger partial charge in [-0.25, -0.2) is 0 Å². The molecular weight excluding hydrogens is 146 g/mol. The molecule has 1 nitrogen and oxygen atoms in total. The van der Waals surface area contributed by atoms with Gasteiger partial charge in [-0.05, 0) is 42.5 Å². The zero-order valence-corrected chi connectivity index (χ0v) is 7.09. The average Bonchev–Trinajstić information content (AvgIpc) is 2.28. The molecule has 12 heavy (non-hydrogen) atoms. The standard InChI is InChI=1S/C11H13N/c12-11-7-6-9-4-2-1-3-5-10(9)8-11/h2,4,6-8H,1,3,5,12H2. The van der Waals surface area contributed by atoms with E-state index in [1.807, 2.05) is 6.07 Å². The Morgan fingerprint density at radius 2 is 2.17 bits per heavy atom. The van der Waals surface area contributed by atoms with Gasteiger partial charge in [-0.1, -0.05) is 18.2 Å². The number of rotatable bonds is 0. The van der Waals surface area contributed by atoms with Gasteiger partial charge in [0.1, 0.15) is 0 Å². The third-order valence-corrected chi connectivity index (χ3v) is 2.28. The molecule has 1 aliphatic rings. The fraction of sp³-hybridized carbons (Fsp3) is 0.273. The first kappa shape index (κ1) is 7.41. The van der Waals surface area contributed by atoms with E-state index in [0.717, 1.165) is 12.1 Å². The van der Waals surface area contributed by atoms with Crippen LogP contribution in [0.2, 0.25) is 0 Å². The number of nitrogen functional groups attached to an aromatic ring is 1. The van der Waals surface area contributed by atoms with E-state index in [2.05, 4.69) is 24.3 Å². The predicted octanol–water partition coefficient (Wildman–Crippen LogP) is 2.62. The first-order chi connectivity index (χ1) is 5.86. The molecule has 1 aromatic rings. The fourth-order valence-corrected chi connectivity index (χ4v) is 1.63. The third kappa shape index (κ3) is 1.35. The Bertz CT molecular complexity index is 313. The summed E-state index contributed by atoms with van der Waals surface area (Å²) in [6.45, 7) is 0. The summed E-state index contributed by atoms with van der Waals surface area (Å²) in [5.74, 6) is 0. The molecule has 1 aromatic carbocycles. The molecule has 0 atom stereocenters. The molecule has 0 fully saturated rings. The predicted molar refractivity (Wildman–Crippen MR) is 52.8 cm³/mol. The van der Waals surface area contributed by atoms with Crippen molar-refractivity contribution in [3.8, 4) is 0 Å². The van der Waals surface area contributed by atoms with E-state index in [-0.39, 0.29) is 0 Å². The molecular formula is C11H13N. The van der Waals surface area contributed by atoms with Crippen LogP contribution in [0.15, 0.2) is 24.3 Å². The molecule has 62 valence electrons. The van der Waals surface area contributed by atoms with Crippen LogP contribution >= 0.6 is 0 Å². The molecule has 0 saturated carbocycles. The molecule has 1 heteroatoms. The zero-order chi connectivity index (χ0) is 8.39. The minimum atomic E-state index is 0.879. The first-order valence-electron chi connectivity index (χ1n) is 4.41. The monoisotopic (exact) mass is 159 g/mol. The maximum Gasteiger partial charge on any atom is 0.0317 e. The number of anilines is 1. The van der Waals surface area contributed by atoms with Gasteiger partial charge in [0.2, 0.25) is 0 Å². The van der Waals surface area contributed by atoms with Crippen molar-refractivity contribution in [3.05, 3.63) is 35.4 Å².